The van der Waals surface area contributed by atoms with E-state index in [0.717, 1.165) is 25.7 Å². The molecule has 0 heterocycles. The first kappa shape index (κ1) is 12.9. The van der Waals surface area contributed by atoms with Crippen LogP contribution in [0.5, 0.6) is 0 Å². The summed E-state index contributed by atoms with van der Waals surface area (Å²) in [5, 5.41) is 3.49. The molecule has 0 bridgehead atoms. The third kappa shape index (κ3) is 6.13. The summed E-state index contributed by atoms with van der Waals surface area (Å²) in [6, 6.07) is 0.855. The van der Waals surface area contributed by atoms with Crippen LogP contribution in [0.4, 0.5) is 0 Å². The Bertz CT molecular complexity index is 149. The summed E-state index contributed by atoms with van der Waals surface area (Å²) < 4.78 is 5.13. The summed E-state index contributed by atoms with van der Waals surface area (Å²) in [7, 11) is 1.78. The molecule has 0 aromatic carbocycles. The van der Waals surface area contributed by atoms with Crippen molar-refractivity contribution in [1.29, 1.82) is 0 Å². The van der Waals surface area contributed by atoms with E-state index < -0.39 is 0 Å². The fraction of sp³-hybridized carbons (Fsp3) is 1.00. The first-order valence-corrected chi connectivity index (χ1v) is 6.32. The van der Waals surface area contributed by atoms with E-state index in [-0.39, 0.29) is 0 Å². The second-order valence-electron chi connectivity index (χ2n) is 4.36. The van der Waals surface area contributed by atoms with Crippen LogP contribution in [0.3, 0.4) is 0 Å². The molecule has 1 rings (SSSR count). The first-order valence-electron chi connectivity index (χ1n) is 6.32. The standard InChI is InChI=1S/C12H26N2O/c1-3-4-7-13-8-9-14(10-11-15-2)12-5-6-12/h12-13H,3-11H2,1-2H3. The Morgan fingerprint density at radius 1 is 1.27 bits per heavy atom. The molecule has 15 heavy (non-hydrogen) atoms. The number of hydrogen-bond acceptors (Lipinski definition) is 3. The molecule has 1 N–H and O–H groups in total. The molecule has 1 aliphatic rings. The summed E-state index contributed by atoms with van der Waals surface area (Å²) in [6.45, 7) is 7.66. The summed E-state index contributed by atoms with van der Waals surface area (Å²) in [4.78, 5) is 2.56. The van der Waals surface area contributed by atoms with Crippen molar-refractivity contribution >= 4 is 0 Å². The van der Waals surface area contributed by atoms with Crippen LogP contribution in [0.2, 0.25) is 0 Å². The highest BCUT2D eigenvalue weighted by Crippen LogP contribution is 2.25. The van der Waals surface area contributed by atoms with Crippen LogP contribution in [0, 0.1) is 0 Å². The monoisotopic (exact) mass is 214 g/mol. The number of nitrogens with zero attached hydrogens (tertiary/aromatic N) is 1. The largest absolute Gasteiger partial charge is 0.383 e. The maximum atomic E-state index is 5.13. The van der Waals surface area contributed by atoms with Gasteiger partial charge in [-0.3, -0.25) is 4.90 Å². The molecular formula is C12H26N2O. The van der Waals surface area contributed by atoms with Crippen LogP contribution in [-0.4, -0.2) is 50.8 Å². The van der Waals surface area contributed by atoms with Crippen molar-refractivity contribution in [2.75, 3.05) is 39.9 Å². The summed E-state index contributed by atoms with van der Waals surface area (Å²) in [5.74, 6) is 0. The van der Waals surface area contributed by atoms with E-state index in [1.165, 1.54) is 38.8 Å². The van der Waals surface area contributed by atoms with Gasteiger partial charge in [-0.15, -0.1) is 0 Å². The SMILES string of the molecule is CCCCNCCN(CCOC)C1CC1. The number of rotatable bonds is 10. The molecule has 0 saturated heterocycles. The molecule has 3 heteroatoms. The van der Waals surface area contributed by atoms with Gasteiger partial charge in [0.1, 0.15) is 0 Å². The average Bonchev–Trinajstić information content (AvgIpc) is 3.06. The highest BCUT2D eigenvalue weighted by Gasteiger charge is 2.27. The van der Waals surface area contributed by atoms with Crippen LogP contribution >= 0.6 is 0 Å². The van der Waals surface area contributed by atoms with Crippen molar-refractivity contribution in [3.63, 3.8) is 0 Å². The Labute approximate surface area is 94.2 Å². The summed E-state index contributed by atoms with van der Waals surface area (Å²) in [5.41, 5.74) is 0. The third-order valence-corrected chi connectivity index (χ3v) is 2.93. The van der Waals surface area contributed by atoms with Crippen molar-refractivity contribution in [2.45, 2.75) is 38.6 Å². The van der Waals surface area contributed by atoms with Gasteiger partial charge in [-0.2, -0.15) is 0 Å². The fourth-order valence-electron chi connectivity index (χ4n) is 1.77. The van der Waals surface area contributed by atoms with Gasteiger partial charge in [0.15, 0.2) is 0 Å². The average molecular weight is 214 g/mol. The van der Waals surface area contributed by atoms with Crippen LogP contribution < -0.4 is 5.32 Å². The molecule has 0 amide bonds. The fourth-order valence-corrected chi connectivity index (χ4v) is 1.77. The van der Waals surface area contributed by atoms with Gasteiger partial charge in [0.05, 0.1) is 6.61 Å². The number of nitrogens with one attached hydrogen (secondary N) is 1. The second-order valence-corrected chi connectivity index (χ2v) is 4.36. The van der Waals surface area contributed by atoms with E-state index in [2.05, 4.69) is 17.1 Å². The molecule has 0 spiro atoms. The Hall–Kier alpha value is -0.120. The molecule has 0 aliphatic heterocycles. The zero-order valence-electron chi connectivity index (χ0n) is 10.3. The van der Waals surface area contributed by atoms with Gasteiger partial charge in [0.25, 0.3) is 0 Å². The van der Waals surface area contributed by atoms with Crippen molar-refractivity contribution < 1.29 is 4.74 Å². The lowest BCUT2D eigenvalue weighted by Gasteiger charge is -2.21. The normalized spacial score (nSPS) is 16.2. The van der Waals surface area contributed by atoms with E-state index in [1.807, 2.05) is 0 Å². The minimum atomic E-state index is 0.855. The lowest BCUT2D eigenvalue weighted by atomic mass is 10.3. The summed E-state index contributed by atoms with van der Waals surface area (Å²) in [6.07, 6.45) is 5.35. The number of unbranched alkanes of at least 4 members (excludes halogenated alkanes) is 1. The number of methoxy groups -OCH3 is 1. The van der Waals surface area contributed by atoms with Crippen LogP contribution in [0.15, 0.2) is 0 Å². The first-order chi connectivity index (χ1) is 7.38. The van der Waals surface area contributed by atoms with E-state index in [9.17, 15) is 0 Å². The van der Waals surface area contributed by atoms with Gasteiger partial charge in [0.2, 0.25) is 0 Å². The smallest absolute Gasteiger partial charge is 0.0589 e. The van der Waals surface area contributed by atoms with Crippen molar-refractivity contribution in [2.24, 2.45) is 0 Å². The van der Waals surface area contributed by atoms with Gasteiger partial charge in [-0.25, -0.2) is 0 Å². The quantitative estimate of drug-likeness (QED) is 0.558. The molecule has 1 fully saturated rings. The highest BCUT2D eigenvalue weighted by molar-refractivity contribution is 4.84. The maximum Gasteiger partial charge on any atom is 0.0589 e. The molecule has 0 aromatic heterocycles. The predicted octanol–water partition coefficient (Wildman–Crippen LogP) is 1.49. The molecule has 0 unspecified atom stereocenters. The number of hydrogen-bond donors (Lipinski definition) is 1. The zero-order chi connectivity index (χ0) is 10.9. The second kappa shape index (κ2) is 8.08. The van der Waals surface area contributed by atoms with E-state index in [4.69, 9.17) is 4.74 Å². The van der Waals surface area contributed by atoms with Crippen LogP contribution in [0.1, 0.15) is 32.6 Å². The minimum absolute atomic E-state index is 0.855. The highest BCUT2D eigenvalue weighted by atomic mass is 16.5. The van der Waals surface area contributed by atoms with E-state index >= 15 is 0 Å². The van der Waals surface area contributed by atoms with Crippen molar-refractivity contribution in [3.8, 4) is 0 Å². The van der Waals surface area contributed by atoms with Gasteiger partial charge < -0.3 is 10.1 Å². The molecule has 1 aliphatic carbocycles. The minimum Gasteiger partial charge on any atom is -0.383 e. The van der Waals surface area contributed by atoms with E-state index in [0.29, 0.717) is 0 Å². The lowest BCUT2D eigenvalue weighted by Crippen LogP contribution is -2.36. The van der Waals surface area contributed by atoms with Crippen molar-refractivity contribution in [1.82, 2.24) is 10.2 Å². The third-order valence-electron chi connectivity index (χ3n) is 2.93. The Kier molecular flexibility index (Phi) is 6.98. The van der Waals surface area contributed by atoms with Crippen LogP contribution in [0.25, 0.3) is 0 Å². The molecule has 0 radical (unpaired) electrons. The molecule has 3 nitrogen and oxygen atoms in total. The Balaban J connectivity index is 1.98. The Morgan fingerprint density at radius 2 is 2.07 bits per heavy atom. The molecular weight excluding hydrogens is 188 g/mol. The Morgan fingerprint density at radius 3 is 2.67 bits per heavy atom. The van der Waals surface area contributed by atoms with Crippen LogP contribution in [-0.2, 0) is 4.74 Å². The summed E-state index contributed by atoms with van der Waals surface area (Å²) >= 11 is 0. The predicted molar refractivity (Wildman–Crippen MR) is 64.2 cm³/mol. The van der Waals surface area contributed by atoms with Gasteiger partial charge >= 0.3 is 0 Å². The van der Waals surface area contributed by atoms with Gasteiger partial charge in [-0.1, -0.05) is 13.3 Å². The van der Waals surface area contributed by atoms with Crippen molar-refractivity contribution in [3.05, 3.63) is 0 Å². The van der Waals surface area contributed by atoms with Gasteiger partial charge in [0, 0.05) is 32.8 Å². The molecule has 1 saturated carbocycles. The maximum absolute atomic E-state index is 5.13. The van der Waals surface area contributed by atoms with E-state index in [1.54, 1.807) is 7.11 Å². The lowest BCUT2D eigenvalue weighted by molar-refractivity contribution is 0.144. The molecule has 0 atom stereocenters. The number of ether oxygens (including phenoxy) is 1. The zero-order valence-corrected chi connectivity index (χ0v) is 10.3. The topological polar surface area (TPSA) is 24.5 Å². The van der Waals surface area contributed by atoms with Gasteiger partial charge in [-0.05, 0) is 25.8 Å². The molecule has 90 valence electrons. The molecule has 0 aromatic rings.